The van der Waals surface area contributed by atoms with Crippen molar-refractivity contribution in [3.8, 4) is 0 Å². The Kier molecular flexibility index (Phi) is 5.35. The lowest BCUT2D eigenvalue weighted by molar-refractivity contribution is -0.384. The summed E-state index contributed by atoms with van der Waals surface area (Å²) in [5.74, 6) is -0.232. The number of nitro groups is 1. The highest BCUT2D eigenvalue weighted by Gasteiger charge is 2.28. The summed E-state index contributed by atoms with van der Waals surface area (Å²) in [6.45, 7) is 1.54. The molecule has 0 aliphatic carbocycles. The number of hydrogen-bond donors (Lipinski definition) is 0. The van der Waals surface area contributed by atoms with Crippen LogP contribution in [0.4, 0.5) is 11.4 Å². The van der Waals surface area contributed by atoms with Crippen LogP contribution < -0.4 is 4.90 Å². The Hall–Kier alpha value is -3.51. The highest BCUT2D eigenvalue weighted by Crippen LogP contribution is 2.33. The van der Waals surface area contributed by atoms with Crippen molar-refractivity contribution in [3.05, 3.63) is 106 Å². The van der Waals surface area contributed by atoms with Gasteiger partial charge in [-0.2, -0.15) is 0 Å². The van der Waals surface area contributed by atoms with E-state index in [1.807, 2.05) is 41.3 Å². The standard InChI is InChI=1S/C23H20N2O4/c26-23(18-9-5-2-6-10-18)19-11-12-20(21(15-19)25(27)28)24-13-14-29-22(16-24)17-7-3-1-4-8-17/h1-12,15,22H,13-14,16H2. The Morgan fingerprint density at radius 3 is 2.34 bits per heavy atom. The van der Waals surface area contributed by atoms with Crippen LogP contribution in [0.1, 0.15) is 27.6 Å². The quantitative estimate of drug-likeness (QED) is 0.368. The van der Waals surface area contributed by atoms with Crippen LogP contribution in [0, 0.1) is 10.1 Å². The molecule has 1 unspecified atom stereocenters. The van der Waals surface area contributed by atoms with Crippen LogP contribution in [0.15, 0.2) is 78.9 Å². The summed E-state index contributed by atoms with van der Waals surface area (Å²) in [4.78, 5) is 26.0. The summed E-state index contributed by atoms with van der Waals surface area (Å²) in [7, 11) is 0. The maximum Gasteiger partial charge on any atom is 0.293 e. The van der Waals surface area contributed by atoms with Gasteiger partial charge >= 0.3 is 0 Å². The lowest BCUT2D eigenvalue weighted by Crippen LogP contribution is -2.38. The van der Waals surface area contributed by atoms with E-state index in [0.717, 1.165) is 5.56 Å². The zero-order chi connectivity index (χ0) is 20.2. The molecule has 4 rings (SSSR count). The lowest BCUT2D eigenvalue weighted by Gasteiger charge is -2.34. The number of hydrogen-bond acceptors (Lipinski definition) is 5. The van der Waals surface area contributed by atoms with Crippen molar-refractivity contribution in [2.24, 2.45) is 0 Å². The van der Waals surface area contributed by atoms with Crippen molar-refractivity contribution < 1.29 is 14.5 Å². The van der Waals surface area contributed by atoms with Crippen molar-refractivity contribution in [1.82, 2.24) is 0 Å². The lowest BCUT2D eigenvalue weighted by atomic mass is 10.0. The number of morpholine rings is 1. The Morgan fingerprint density at radius 1 is 0.966 bits per heavy atom. The third-order valence-corrected chi connectivity index (χ3v) is 5.05. The van der Waals surface area contributed by atoms with Gasteiger partial charge in [-0.05, 0) is 17.7 Å². The minimum absolute atomic E-state index is 0.0690. The SMILES string of the molecule is O=C(c1ccccc1)c1ccc(N2CCOC(c3ccccc3)C2)c([N+](=O)[O-])c1. The molecule has 0 amide bonds. The largest absolute Gasteiger partial charge is 0.370 e. The van der Waals surface area contributed by atoms with Crippen molar-refractivity contribution in [2.75, 3.05) is 24.6 Å². The van der Waals surface area contributed by atoms with Crippen molar-refractivity contribution in [3.63, 3.8) is 0 Å². The minimum atomic E-state index is -0.426. The average Bonchev–Trinajstić information content (AvgIpc) is 2.79. The molecule has 0 spiro atoms. The van der Waals surface area contributed by atoms with E-state index >= 15 is 0 Å². The molecule has 0 N–H and O–H groups in total. The molecular weight excluding hydrogens is 368 g/mol. The molecule has 1 aliphatic rings. The summed E-state index contributed by atoms with van der Waals surface area (Å²) in [5, 5.41) is 11.8. The average molecular weight is 388 g/mol. The zero-order valence-electron chi connectivity index (χ0n) is 15.7. The van der Waals surface area contributed by atoms with Gasteiger partial charge in [0.15, 0.2) is 5.78 Å². The molecule has 3 aromatic rings. The van der Waals surface area contributed by atoms with Gasteiger partial charge in [-0.15, -0.1) is 0 Å². The molecule has 1 fully saturated rings. The van der Waals surface area contributed by atoms with Gasteiger partial charge in [0, 0.05) is 30.3 Å². The summed E-state index contributed by atoms with van der Waals surface area (Å²) in [5.41, 5.74) is 2.28. The molecule has 1 heterocycles. The number of carbonyl (C=O) groups excluding carboxylic acids is 1. The predicted octanol–water partition coefficient (Wildman–Crippen LogP) is 4.40. The fourth-order valence-corrected chi connectivity index (χ4v) is 3.57. The molecular formula is C23H20N2O4. The number of nitrogens with zero attached hydrogens (tertiary/aromatic N) is 2. The van der Waals surface area contributed by atoms with Crippen molar-refractivity contribution in [1.29, 1.82) is 0 Å². The smallest absolute Gasteiger partial charge is 0.293 e. The van der Waals surface area contributed by atoms with Gasteiger partial charge in [0.25, 0.3) is 5.69 Å². The molecule has 1 aliphatic heterocycles. The zero-order valence-corrected chi connectivity index (χ0v) is 15.7. The van der Waals surface area contributed by atoms with E-state index in [-0.39, 0.29) is 17.6 Å². The molecule has 29 heavy (non-hydrogen) atoms. The van der Waals surface area contributed by atoms with Crippen molar-refractivity contribution in [2.45, 2.75) is 6.10 Å². The number of ether oxygens (including phenoxy) is 1. The Morgan fingerprint density at radius 2 is 1.66 bits per heavy atom. The number of rotatable bonds is 5. The first-order chi connectivity index (χ1) is 14.1. The van der Waals surface area contributed by atoms with Crippen LogP contribution in [-0.2, 0) is 4.74 Å². The first-order valence-corrected chi connectivity index (χ1v) is 9.43. The third-order valence-electron chi connectivity index (χ3n) is 5.05. The highest BCUT2D eigenvalue weighted by molar-refractivity contribution is 6.09. The van der Waals surface area contributed by atoms with E-state index in [9.17, 15) is 14.9 Å². The summed E-state index contributed by atoms with van der Waals surface area (Å²) < 4.78 is 5.87. The fraction of sp³-hybridized carbons (Fsp3) is 0.174. The molecule has 0 aromatic heterocycles. The molecule has 6 heteroatoms. The number of nitro benzene ring substituents is 1. The van der Waals surface area contributed by atoms with Crippen LogP contribution in [0.5, 0.6) is 0 Å². The molecule has 1 atom stereocenters. The van der Waals surface area contributed by atoms with Gasteiger partial charge in [0.2, 0.25) is 0 Å². The number of anilines is 1. The van der Waals surface area contributed by atoms with Gasteiger partial charge in [0.1, 0.15) is 11.8 Å². The van der Waals surface area contributed by atoms with Gasteiger partial charge in [-0.3, -0.25) is 14.9 Å². The van der Waals surface area contributed by atoms with Crippen LogP contribution in [0.25, 0.3) is 0 Å². The summed E-state index contributed by atoms with van der Waals surface area (Å²) in [6.07, 6.45) is -0.157. The Bertz CT molecular complexity index is 1020. The molecule has 0 saturated carbocycles. The van der Waals surface area contributed by atoms with E-state index in [1.54, 1.807) is 36.4 Å². The van der Waals surface area contributed by atoms with Gasteiger partial charge in [-0.25, -0.2) is 0 Å². The molecule has 3 aromatic carbocycles. The molecule has 0 bridgehead atoms. The number of ketones is 1. The summed E-state index contributed by atoms with van der Waals surface area (Å²) >= 11 is 0. The topological polar surface area (TPSA) is 72.7 Å². The van der Waals surface area contributed by atoms with E-state index < -0.39 is 4.92 Å². The van der Waals surface area contributed by atoms with Gasteiger partial charge in [0.05, 0.1) is 11.5 Å². The molecule has 6 nitrogen and oxygen atoms in total. The number of benzene rings is 3. The van der Waals surface area contributed by atoms with E-state index in [0.29, 0.717) is 36.5 Å². The van der Waals surface area contributed by atoms with Crippen LogP contribution in [0.2, 0.25) is 0 Å². The summed E-state index contributed by atoms with van der Waals surface area (Å²) in [6, 6.07) is 23.3. The second-order valence-electron chi connectivity index (χ2n) is 6.87. The Balaban J connectivity index is 1.63. The van der Waals surface area contributed by atoms with Crippen LogP contribution in [-0.4, -0.2) is 30.4 Å². The normalized spacial score (nSPS) is 16.4. The number of carbonyl (C=O) groups is 1. The molecule has 0 radical (unpaired) electrons. The van der Waals surface area contributed by atoms with Gasteiger partial charge < -0.3 is 9.64 Å². The Labute approximate surface area is 168 Å². The second kappa shape index (κ2) is 8.24. The predicted molar refractivity (Wildman–Crippen MR) is 110 cm³/mol. The van der Waals surface area contributed by atoms with Crippen molar-refractivity contribution >= 4 is 17.2 Å². The minimum Gasteiger partial charge on any atom is -0.370 e. The molecule has 146 valence electrons. The van der Waals surface area contributed by atoms with Crippen LogP contribution >= 0.6 is 0 Å². The molecule has 1 saturated heterocycles. The van der Waals surface area contributed by atoms with Gasteiger partial charge in [-0.1, -0.05) is 60.7 Å². The van der Waals surface area contributed by atoms with E-state index in [1.165, 1.54) is 6.07 Å². The van der Waals surface area contributed by atoms with E-state index in [4.69, 9.17) is 4.74 Å². The maximum atomic E-state index is 12.7. The highest BCUT2D eigenvalue weighted by atomic mass is 16.6. The first kappa shape index (κ1) is 18.8. The van der Waals surface area contributed by atoms with E-state index in [2.05, 4.69) is 0 Å². The third kappa shape index (κ3) is 4.02. The maximum absolute atomic E-state index is 12.7. The second-order valence-corrected chi connectivity index (χ2v) is 6.87. The fourth-order valence-electron chi connectivity index (χ4n) is 3.57. The first-order valence-electron chi connectivity index (χ1n) is 9.43. The monoisotopic (exact) mass is 388 g/mol. The van der Waals surface area contributed by atoms with Crippen LogP contribution in [0.3, 0.4) is 0 Å².